The lowest BCUT2D eigenvalue weighted by molar-refractivity contribution is -0.168. The van der Waals surface area contributed by atoms with Gasteiger partial charge in [0, 0.05) is 0 Å². The second-order valence-electron chi connectivity index (χ2n) is 5.28. The van der Waals surface area contributed by atoms with Gasteiger partial charge >= 0.3 is 0 Å². The molecule has 1 heterocycles. The number of ether oxygens (including phenoxy) is 1. The van der Waals surface area contributed by atoms with E-state index in [1.165, 1.54) is 11.8 Å². The van der Waals surface area contributed by atoms with Gasteiger partial charge in [-0.25, -0.2) is 0 Å². The van der Waals surface area contributed by atoms with Crippen LogP contribution < -0.4 is 0 Å². The van der Waals surface area contributed by atoms with Gasteiger partial charge in [0.15, 0.2) is 0 Å². The van der Waals surface area contributed by atoms with Crippen molar-refractivity contribution in [3.8, 4) is 0 Å². The highest BCUT2D eigenvalue weighted by Gasteiger charge is 2.82. The van der Waals surface area contributed by atoms with Gasteiger partial charge in [0.05, 0.1) is 12.2 Å². The highest BCUT2D eigenvalue weighted by Crippen LogP contribution is 2.81. The van der Waals surface area contributed by atoms with Crippen LogP contribution in [0.1, 0.15) is 12.8 Å². The van der Waals surface area contributed by atoms with Gasteiger partial charge in [-0.1, -0.05) is 0 Å². The van der Waals surface area contributed by atoms with E-state index in [1.54, 1.807) is 12.8 Å². The zero-order valence-electron chi connectivity index (χ0n) is 6.44. The maximum absolute atomic E-state index is 5.72. The zero-order chi connectivity index (χ0) is 6.74. The zero-order valence-corrected chi connectivity index (χ0v) is 6.44. The topological polar surface area (TPSA) is 12.5 Å². The summed E-state index contributed by atoms with van der Waals surface area (Å²) in [7, 11) is 0. The monoisotopic (exact) mass is 148 g/mol. The summed E-state index contributed by atoms with van der Waals surface area (Å²) in [4.78, 5) is 0. The highest BCUT2D eigenvalue weighted by molar-refractivity contribution is 5.29. The Balaban J connectivity index is 1.77. The summed E-state index contributed by atoms with van der Waals surface area (Å²) in [5.41, 5.74) is 0. The Morgan fingerprint density at radius 1 is 0.727 bits per heavy atom. The first-order valence-corrected chi connectivity index (χ1v) is 5.12. The molecule has 11 heavy (non-hydrogen) atoms. The molecule has 5 rings (SSSR count). The van der Waals surface area contributed by atoms with E-state index in [1.807, 2.05) is 0 Å². The van der Waals surface area contributed by atoms with Crippen molar-refractivity contribution >= 4 is 0 Å². The van der Waals surface area contributed by atoms with E-state index in [4.69, 9.17) is 4.74 Å². The van der Waals surface area contributed by atoms with Crippen molar-refractivity contribution in [2.24, 2.45) is 35.5 Å². The summed E-state index contributed by atoms with van der Waals surface area (Å²) in [5.74, 6) is 6.79. The summed E-state index contributed by atoms with van der Waals surface area (Å²) in [6, 6.07) is 0. The van der Waals surface area contributed by atoms with E-state index in [0.717, 1.165) is 35.9 Å². The van der Waals surface area contributed by atoms with Crippen LogP contribution in [-0.2, 0) is 4.74 Å². The Hall–Kier alpha value is -0.0400. The molecule has 0 unspecified atom stereocenters. The fourth-order valence-corrected chi connectivity index (χ4v) is 5.29. The molecule has 0 bridgehead atoms. The Labute approximate surface area is 66.1 Å². The first-order chi connectivity index (χ1) is 5.47. The van der Waals surface area contributed by atoms with E-state index in [-0.39, 0.29) is 0 Å². The van der Waals surface area contributed by atoms with E-state index < -0.39 is 0 Å². The predicted molar refractivity (Wildman–Crippen MR) is 38.8 cm³/mol. The summed E-state index contributed by atoms with van der Waals surface area (Å²) < 4.78 is 5.72. The molecule has 1 heteroatoms. The van der Waals surface area contributed by atoms with Crippen LogP contribution in [0, 0.1) is 35.5 Å². The Bertz CT molecular complexity index is 227. The normalized spacial score (nSPS) is 85.1. The SMILES string of the molecule is C1C[C@@H]2C3C4[C@@H]([C@H]5O[C@@H]5[C@H]42)[C@H]13. The average Bonchev–Trinajstić information content (AvgIpc) is 2.54. The standard InChI is InChI=1S/C10H12O/c1-2-4-5-3(1)6-8(5)7(4)10-9(6)11-10/h3-10H,1-2H2/t3-,4-,5?,6+,7+,8?,9-,10-/m1/s1. The molecule has 6 atom stereocenters. The van der Waals surface area contributed by atoms with Gasteiger partial charge in [-0.15, -0.1) is 0 Å². The first-order valence-electron chi connectivity index (χ1n) is 5.12. The maximum atomic E-state index is 5.72. The molecule has 0 aromatic rings. The van der Waals surface area contributed by atoms with Crippen molar-refractivity contribution in [3.05, 3.63) is 0 Å². The van der Waals surface area contributed by atoms with Crippen molar-refractivity contribution < 1.29 is 4.74 Å². The van der Waals surface area contributed by atoms with Crippen LogP contribution in [0.15, 0.2) is 0 Å². The lowest BCUT2D eigenvalue weighted by atomic mass is 9.44. The van der Waals surface area contributed by atoms with Gasteiger partial charge in [0.25, 0.3) is 0 Å². The van der Waals surface area contributed by atoms with E-state index >= 15 is 0 Å². The summed E-state index contributed by atoms with van der Waals surface area (Å²) in [5, 5.41) is 0. The van der Waals surface area contributed by atoms with Gasteiger partial charge in [0.1, 0.15) is 0 Å². The number of epoxide rings is 1. The van der Waals surface area contributed by atoms with Crippen LogP contribution in [-0.4, -0.2) is 12.2 Å². The predicted octanol–water partition coefficient (Wildman–Crippen LogP) is 1.29. The molecule has 0 spiro atoms. The molecule has 1 aliphatic heterocycles. The lowest BCUT2D eigenvalue weighted by Gasteiger charge is -2.60. The van der Waals surface area contributed by atoms with Crippen molar-refractivity contribution in [1.29, 1.82) is 0 Å². The second-order valence-corrected chi connectivity index (χ2v) is 5.28. The molecule has 58 valence electrons. The molecule has 0 aromatic heterocycles. The summed E-state index contributed by atoms with van der Waals surface area (Å²) in [6.07, 6.45) is 4.66. The van der Waals surface area contributed by atoms with Gasteiger partial charge in [-0.2, -0.15) is 0 Å². The molecule has 4 saturated carbocycles. The average molecular weight is 148 g/mol. The minimum atomic E-state index is 0.775. The van der Waals surface area contributed by atoms with Crippen LogP contribution >= 0.6 is 0 Å². The molecule has 5 fully saturated rings. The maximum Gasteiger partial charge on any atom is 0.0878 e. The van der Waals surface area contributed by atoms with Crippen LogP contribution in [0.25, 0.3) is 0 Å². The number of rotatable bonds is 0. The Kier molecular flexibility index (Phi) is 0.486. The third-order valence-corrected chi connectivity index (χ3v) is 5.46. The van der Waals surface area contributed by atoms with E-state index in [2.05, 4.69) is 0 Å². The van der Waals surface area contributed by atoms with E-state index in [9.17, 15) is 0 Å². The van der Waals surface area contributed by atoms with Gasteiger partial charge in [-0.05, 0) is 48.3 Å². The molecular formula is C10H12O. The lowest BCUT2D eigenvalue weighted by Crippen LogP contribution is -2.59. The van der Waals surface area contributed by atoms with Gasteiger partial charge in [-0.3, -0.25) is 0 Å². The molecule has 1 saturated heterocycles. The molecular weight excluding hydrogens is 136 g/mol. The van der Waals surface area contributed by atoms with Crippen molar-refractivity contribution in [1.82, 2.24) is 0 Å². The number of fused-ring (bicyclic) bond motifs is 5. The van der Waals surface area contributed by atoms with Crippen LogP contribution in [0.3, 0.4) is 0 Å². The molecule has 0 aromatic carbocycles. The van der Waals surface area contributed by atoms with Crippen molar-refractivity contribution in [2.45, 2.75) is 25.0 Å². The quantitative estimate of drug-likeness (QED) is 0.471. The van der Waals surface area contributed by atoms with E-state index in [0.29, 0.717) is 0 Å². The third-order valence-electron chi connectivity index (χ3n) is 5.46. The summed E-state index contributed by atoms with van der Waals surface area (Å²) in [6.45, 7) is 0. The first kappa shape index (κ1) is 4.86. The minimum absolute atomic E-state index is 0.775. The summed E-state index contributed by atoms with van der Waals surface area (Å²) >= 11 is 0. The smallest absolute Gasteiger partial charge is 0.0878 e. The largest absolute Gasteiger partial charge is 0.369 e. The Morgan fingerprint density at radius 3 is 2.00 bits per heavy atom. The van der Waals surface area contributed by atoms with Crippen LogP contribution in [0.4, 0.5) is 0 Å². The molecule has 0 N–H and O–H groups in total. The second kappa shape index (κ2) is 1.10. The molecule has 5 aliphatic rings. The highest BCUT2D eigenvalue weighted by atomic mass is 16.6. The molecule has 0 radical (unpaired) electrons. The van der Waals surface area contributed by atoms with Crippen molar-refractivity contribution in [3.63, 3.8) is 0 Å². The van der Waals surface area contributed by atoms with Crippen LogP contribution in [0.5, 0.6) is 0 Å². The number of hydrogen-bond acceptors (Lipinski definition) is 1. The molecule has 4 aliphatic carbocycles. The Morgan fingerprint density at radius 2 is 1.36 bits per heavy atom. The fourth-order valence-electron chi connectivity index (χ4n) is 5.29. The van der Waals surface area contributed by atoms with Crippen molar-refractivity contribution in [2.75, 3.05) is 0 Å². The fraction of sp³-hybridized carbons (Fsp3) is 1.00. The molecule has 1 nitrogen and oxygen atoms in total. The van der Waals surface area contributed by atoms with Gasteiger partial charge in [0.2, 0.25) is 0 Å². The number of hydrogen-bond donors (Lipinski definition) is 0. The third kappa shape index (κ3) is 0.286. The van der Waals surface area contributed by atoms with Crippen LogP contribution in [0.2, 0.25) is 0 Å². The minimum Gasteiger partial charge on any atom is -0.369 e. The molecule has 0 amide bonds. The van der Waals surface area contributed by atoms with Gasteiger partial charge < -0.3 is 4.74 Å².